The molecule has 0 spiro atoms. The summed E-state index contributed by atoms with van der Waals surface area (Å²) < 4.78 is 18.4. The lowest BCUT2D eigenvalue weighted by atomic mass is 10.1. The summed E-state index contributed by atoms with van der Waals surface area (Å²) in [7, 11) is 1.59. The molecule has 106 valence electrons. The van der Waals surface area contributed by atoms with Crippen LogP contribution in [0.1, 0.15) is 19.2 Å². The van der Waals surface area contributed by atoms with Crippen molar-refractivity contribution >= 4 is 5.82 Å². The Bertz CT molecular complexity index is 575. The van der Waals surface area contributed by atoms with E-state index in [1.165, 1.54) is 12.1 Å². The minimum Gasteiger partial charge on any atom is -0.377 e. The third-order valence-corrected chi connectivity index (χ3v) is 2.72. The predicted octanol–water partition coefficient (Wildman–Crippen LogP) is 3.25. The zero-order valence-electron chi connectivity index (χ0n) is 11.7. The van der Waals surface area contributed by atoms with Crippen molar-refractivity contribution < 1.29 is 9.13 Å². The summed E-state index contributed by atoms with van der Waals surface area (Å²) >= 11 is 0. The van der Waals surface area contributed by atoms with Crippen LogP contribution in [0.3, 0.4) is 0 Å². The second-order valence-electron chi connectivity index (χ2n) is 4.42. The number of benzene rings is 1. The quantitative estimate of drug-likeness (QED) is 0.879. The van der Waals surface area contributed by atoms with Crippen molar-refractivity contribution in [3.8, 4) is 11.3 Å². The summed E-state index contributed by atoms with van der Waals surface area (Å²) in [5.41, 5.74) is 1.41. The van der Waals surface area contributed by atoms with Crippen molar-refractivity contribution in [2.45, 2.75) is 20.0 Å². The molecule has 0 aliphatic carbocycles. The van der Waals surface area contributed by atoms with E-state index in [1.54, 1.807) is 13.2 Å². The van der Waals surface area contributed by atoms with Crippen LogP contribution in [0.25, 0.3) is 11.3 Å². The molecule has 0 saturated heterocycles. The predicted molar refractivity (Wildman–Crippen MR) is 76.9 cm³/mol. The van der Waals surface area contributed by atoms with Crippen LogP contribution in [0.15, 0.2) is 30.3 Å². The van der Waals surface area contributed by atoms with E-state index in [9.17, 15) is 4.39 Å². The van der Waals surface area contributed by atoms with Gasteiger partial charge in [0.25, 0.3) is 0 Å². The van der Waals surface area contributed by atoms with E-state index in [-0.39, 0.29) is 5.82 Å². The molecule has 20 heavy (non-hydrogen) atoms. The number of nitrogens with one attached hydrogen (secondary N) is 1. The minimum atomic E-state index is -0.280. The van der Waals surface area contributed by atoms with E-state index >= 15 is 0 Å². The fourth-order valence-corrected chi connectivity index (χ4v) is 1.83. The van der Waals surface area contributed by atoms with Crippen molar-refractivity contribution in [2.24, 2.45) is 0 Å². The van der Waals surface area contributed by atoms with Gasteiger partial charge in [-0.1, -0.05) is 19.1 Å². The lowest BCUT2D eigenvalue weighted by molar-refractivity contribution is 0.178. The van der Waals surface area contributed by atoms with E-state index in [0.29, 0.717) is 18.1 Å². The van der Waals surface area contributed by atoms with Gasteiger partial charge >= 0.3 is 0 Å². The number of anilines is 1. The van der Waals surface area contributed by atoms with Gasteiger partial charge in [-0.2, -0.15) is 0 Å². The van der Waals surface area contributed by atoms with Crippen LogP contribution in [0, 0.1) is 5.82 Å². The molecule has 5 heteroatoms. The fourth-order valence-electron chi connectivity index (χ4n) is 1.83. The van der Waals surface area contributed by atoms with Gasteiger partial charge in [-0.25, -0.2) is 14.4 Å². The zero-order chi connectivity index (χ0) is 14.4. The first-order valence-electron chi connectivity index (χ1n) is 6.59. The standard InChI is InChI=1S/C15H18FN3O/c1-3-7-17-14-9-13(18-15(19-14)10-20-2)11-5-4-6-12(16)8-11/h4-6,8-9H,3,7,10H2,1-2H3,(H,17,18,19). The van der Waals surface area contributed by atoms with Gasteiger partial charge in [0.1, 0.15) is 18.2 Å². The molecule has 0 atom stereocenters. The molecule has 0 bridgehead atoms. The molecule has 0 aliphatic rings. The summed E-state index contributed by atoms with van der Waals surface area (Å²) in [5, 5.41) is 3.22. The molecule has 1 aromatic heterocycles. The highest BCUT2D eigenvalue weighted by molar-refractivity contribution is 5.62. The highest BCUT2D eigenvalue weighted by atomic mass is 19.1. The molecule has 0 aliphatic heterocycles. The number of hydrogen-bond acceptors (Lipinski definition) is 4. The molecule has 0 fully saturated rings. The Morgan fingerprint density at radius 2 is 2.10 bits per heavy atom. The first kappa shape index (κ1) is 14.4. The normalized spacial score (nSPS) is 10.6. The lowest BCUT2D eigenvalue weighted by Gasteiger charge is -2.09. The zero-order valence-corrected chi connectivity index (χ0v) is 11.7. The second kappa shape index (κ2) is 6.96. The van der Waals surface area contributed by atoms with Gasteiger partial charge in [-0.15, -0.1) is 0 Å². The van der Waals surface area contributed by atoms with Crippen LogP contribution in [-0.4, -0.2) is 23.6 Å². The van der Waals surface area contributed by atoms with Gasteiger partial charge in [-0.3, -0.25) is 0 Å². The number of ether oxygens (including phenoxy) is 1. The smallest absolute Gasteiger partial charge is 0.157 e. The molecule has 0 radical (unpaired) electrons. The molecular formula is C15H18FN3O. The SMILES string of the molecule is CCCNc1cc(-c2cccc(F)c2)nc(COC)n1. The van der Waals surface area contributed by atoms with Gasteiger partial charge in [-0.05, 0) is 18.6 Å². The third-order valence-electron chi connectivity index (χ3n) is 2.72. The van der Waals surface area contributed by atoms with Gasteiger partial charge < -0.3 is 10.1 Å². The van der Waals surface area contributed by atoms with Crippen molar-refractivity contribution in [3.05, 3.63) is 42.0 Å². The first-order chi connectivity index (χ1) is 9.72. The Morgan fingerprint density at radius 3 is 2.80 bits per heavy atom. The van der Waals surface area contributed by atoms with Crippen LogP contribution in [0.5, 0.6) is 0 Å². The Hall–Kier alpha value is -2.01. The number of aromatic nitrogens is 2. The molecule has 0 saturated carbocycles. The Kier molecular flexibility index (Phi) is 5.01. The molecule has 2 aromatic rings. The minimum absolute atomic E-state index is 0.280. The highest BCUT2D eigenvalue weighted by Gasteiger charge is 2.07. The summed E-state index contributed by atoms with van der Waals surface area (Å²) in [6, 6.07) is 8.19. The van der Waals surface area contributed by atoms with Gasteiger partial charge in [0, 0.05) is 25.3 Å². The van der Waals surface area contributed by atoms with Crippen LogP contribution in [0.4, 0.5) is 10.2 Å². The second-order valence-corrected chi connectivity index (χ2v) is 4.42. The largest absolute Gasteiger partial charge is 0.377 e. The highest BCUT2D eigenvalue weighted by Crippen LogP contribution is 2.21. The topological polar surface area (TPSA) is 47.0 Å². The summed E-state index contributed by atoms with van der Waals surface area (Å²) in [5.74, 6) is 1.03. The van der Waals surface area contributed by atoms with Crippen LogP contribution in [0.2, 0.25) is 0 Å². The number of rotatable bonds is 6. The molecule has 1 heterocycles. The van der Waals surface area contributed by atoms with Crippen molar-refractivity contribution in [3.63, 3.8) is 0 Å². The Morgan fingerprint density at radius 1 is 1.25 bits per heavy atom. The molecule has 4 nitrogen and oxygen atoms in total. The Balaban J connectivity index is 2.37. The van der Waals surface area contributed by atoms with Crippen LogP contribution >= 0.6 is 0 Å². The molecule has 2 rings (SSSR count). The van der Waals surface area contributed by atoms with Gasteiger partial charge in [0.2, 0.25) is 0 Å². The van der Waals surface area contributed by atoms with Gasteiger partial charge in [0.15, 0.2) is 5.82 Å². The lowest BCUT2D eigenvalue weighted by Crippen LogP contribution is -2.06. The van der Waals surface area contributed by atoms with E-state index < -0.39 is 0 Å². The Labute approximate surface area is 118 Å². The maximum atomic E-state index is 13.3. The number of nitrogens with zero attached hydrogens (tertiary/aromatic N) is 2. The molecule has 1 aromatic carbocycles. The average molecular weight is 275 g/mol. The van der Waals surface area contributed by atoms with E-state index in [1.807, 2.05) is 12.1 Å². The number of hydrogen-bond donors (Lipinski definition) is 1. The number of methoxy groups -OCH3 is 1. The summed E-state index contributed by atoms with van der Waals surface area (Å²) in [4.78, 5) is 8.77. The summed E-state index contributed by atoms with van der Waals surface area (Å²) in [6.45, 7) is 3.23. The van der Waals surface area contributed by atoms with Crippen molar-refractivity contribution in [2.75, 3.05) is 19.0 Å². The third kappa shape index (κ3) is 3.74. The van der Waals surface area contributed by atoms with E-state index in [2.05, 4.69) is 22.2 Å². The number of halogens is 1. The molecular weight excluding hydrogens is 257 g/mol. The monoisotopic (exact) mass is 275 g/mol. The fraction of sp³-hybridized carbons (Fsp3) is 0.333. The molecule has 0 amide bonds. The van der Waals surface area contributed by atoms with Gasteiger partial charge in [0.05, 0.1) is 5.69 Å². The van der Waals surface area contributed by atoms with Crippen LogP contribution in [-0.2, 0) is 11.3 Å². The molecule has 1 N–H and O–H groups in total. The average Bonchev–Trinajstić information content (AvgIpc) is 2.45. The van der Waals surface area contributed by atoms with Crippen LogP contribution < -0.4 is 5.32 Å². The molecule has 0 unspecified atom stereocenters. The summed E-state index contributed by atoms with van der Waals surface area (Å²) in [6.07, 6.45) is 0.999. The van der Waals surface area contributed by atoms with E-state index in [4.69, 9.17) is 4.74 Å². The maximum Gasteiger partial charge on any atom is 0.157 e. The van der Waals surface area contributed by atoms with Crippen molar-refractivity contribution in [1.82, 2.24) is 9.97 Å². The first-order valence-corrected chi connectivity index (χ1v) is 6.59. The maximum absolute atomic E-state index is 13.3. The van der Waals surface area contributed by atoms with E-state index in [0.717, 1.165) is 24.3 Å². The van der Waals surface area contributed by atoms with Crippen molar-refractivity contribution in [1.29, 1.82) is 0 Å².